The second kappa shape index (κ2) is 6.30. The summed E-state index contributed by atoms with van der Waals surface area (Å²) >= 11 is 5.86. The lowest BCUT2D eigenvalue weighted by Crippen LogP contribution is -2.35. The molecule has 1 rings (SSSR count). The molecule has 0 unspecified atom stereocenters. The fourth-order valence-corrected chi connectivity index (χ4v) is 3.54. The highest BCUT2D eigenvalue weighted by Crippen LogP contribution is 2.26. The van der Waals surface area contributed by atoms with Gasteiger partial charge in [0.05, 0.1) is 4.90 Å². The Hall–Kier alpha value is -0.820. The monoisotopic (exact) mass is 320 g/mol. The van der Waals surface area contributed by atoms with Gasteiger partial charge in [0.15, 0.2) is 0 Å². The lowest BCUT2D eigenvalue weighted by Gasteiger charge is -2.24. The number of aliphatic hydroxyl groups is 1. The van der Waals surface area contributed by atoms with Gasteiger partial charge in [-0.3, -0.25) is 0 Å². The van der Waals surface area contributed by atoms with Gasteiger partial charge in [-0.15, -0.1) is 0 Å². The Morgan fingerprint density at radius 1 is 1.40 bits per heavy atom. The lowest BCUT2D eigenvalue weighted by atomic mass is 9.90. The summed E-state index contributed by atoms with van der Waals surface area (Å²) in [6, 6.07) is 2.90. The highest BCUT2D eigenvalue weighted by atomic mass is 35.5. The number of hydrogen-bond acceptors (Lipinski definition) is 4. The van der Waals surface area contributed by atoms with E-state index in [1.54, 1.807) is 6.92 Å². The number of anilines is 1. The molecular formula is C13H21ClN2O3S. The normalized spacial score (nSPS) is 12.7. The molecule has 0 aliphatic carbocycles. The summed E-state index contributed by atoms with van der Waals surface area (Å²) in [7, 11) is -3.68. The van der Waals surface area contributed by atoms with Crippen LogP contribution in [-0.4, -0.2) is 26.7 Å². The quantitative estimate of drug-likeness (QED) is 0.698. The van der Waals surface area contributed by atoms with E-state index in [0.717, 1.165) is 0 Å². The van der Waals surface area contributed by atoms with Crippen molar-refractivity contribution in [3.63, 3.8) is 0 Å². The Bertz CT molecular complexity index is 586. The minimum Gasteiger partial charge on any atom is -0.398 e. The van der Waals surface area contributed by atoms with Gasteiger partial charge in [-0.1, -0.05) is 25.4 Å². The molecule has 1 aromatic rings. The van der Waals surface area contributed by atoms with E-state index in [1.165, 1.54) is 12.1 Å². The third kappa shape index (κ3) is 4.34. The number of halogens is 1. The first-order valence-corrected chi connectivity index (χ1v) is 8.11. The fourth-order valence-electron chi connectivity index (χ4n) is 1.71. The lowest BCUT2D eigenvalue weighted by molar-refractivity contribution is 0.213. The third-order valence-corrected chi connectivity index (χ3v) is 4.93. The highest BCUT2D eigenvalue weighted by Gasteiger charge is 2.24. The van der Waals surface area contributed by atoms with Crippen molar-refractivity contribution in [1.29, 1.82) is 0 Å². The Labute approximate surface area is 125 Å². The molecule has 5 nitrogen and oxygen atoms in total. The first-order chi connectivity index (χ1) is 9.09. The van der Waals surface area contributed by atoms with Gasteiger partial charge in [0.25, 0.3) is 0 Å². The van der Waals surface area contributed by atoms with Gasteiger partial charge in [0.2, 0.25) is 10.0 Å². The van der Waals surface area contributed by atoms with Crippen LogP contribution < -0.4 is 10.5 Å². The number of nitrogen functional groups attached to an aromatic ring is 1. The molecule has 0 spiro atoms. The molecule has 0 atom stereocenters. The van der Waals surface area contributed by atoms with Crippen molar-refractivity contribution in [1.82, 2.24) is 4.72 Å². The average molecular weight is 321 g/mol. The third-order valence-electron chi connectivity index (χ3n) is 3.18. The van der Waals surface area contributed by atoms with E-state index in [-0.39, 0.29) is 28.5 Å². The fraction of sp³-hybridized carbons (Fsp3) is 0.538. The molecule has 20 heavy (non-hydrogen) atoms. The predicted octanol–water partition coefficient (Wildman–Crippen LogP) is 1.92. The van der Waals surface area contributed by atoms with Gasteiger partial charge in [0, 0.05) is 23.9 Å². The second-order valence-electron chi connectivity index (χ2n) is 5.58. The largest absolute Gasteiger partial charge is 0.398 e. The van der Waals surface area contributed by atoms with Gasteiger partial charge in [-0.05, 0) is 36.5 Å². The molecule has 0 amide bonds. The molecule has 0 heterocycles. The smallest absolute Gasteiger partial charge is 0.240 e. The first-order valence-electron chi connectivity index (χ1n) is 6.25. The van der Waals surface area contributed by atoms with Crippen LogP contribution in [0.2, 0.25) is 5.02 Å². The SMILES string of the molecule is Cc1c(N)cc(Cl)cc1S(=O)(=O)NCC(C)(C)CCO. The van der Waals surface area contributed by atoms with Gasteiger partial charge in [-0.2, -0.15) is 0 Å². The first kappa shape index (κ1) is 17.2. The number of sulfonamides is 1. The molecule has 0 aliphatic rings. The van der Waals surface area contributed by atoms with Gasteiger partial charge < -0.3 is 10.8 Å². The molecule has 0 saturated carbocycles. The number of benzene rings is 1. The standard InChI is InChI=1S/C13H21ClN2O3S/c1-9-11(15)6-10(14)7-12(9)20(18,19)16-8-13(2,3)4-5-17/h6-7,16-17H,4-5,8,15H2,1-3H3. The van der Waals surface area contributed by atoms with Crippen LogP contribution in [0.4, 0.5) is 5.69 Å². The van der Waals surface area contributed by atoms with Gasteiger partial charge in [-0.25, -0.2) is 13.1 Å². The number of aliphatic hydroxyl groups excluding tert-OH is 1. The Morgan fingerprint density at radius 3 is 2.55 bits per heavy atom. The zero-order chi connectivity index (χ0) is 15.6. The van der Waals surface area contributed by atoms with Crippen LogP contribution in [0.3, 0.4) is 0 Å². The molecule has 0 bridgehead atoms. The summed E-state index contributed by atoms with van der Waals surface area (Å²) in [5.74, 6) is 0. The van der Waals surface area contributed by atoms with Crippen LogP contribution >= 0.6 is 11.6 Å². The van der Waals surface area contributed by atoms with Crippen LogP contribution in [0, 0.1) is 12.3 Å². The molecule has 0 saturated heterocycles. The summed E-state index contributed by atoms with van der Waals surface area (Å²) < 4.78 is 27.2. The van der Waals surface area contributed by atoms with Gasteiger partial charge in [0.1, 0.15) is 0 Å². The maximum atomic E-state index is 12.3. The van der Waals surface area contributed by atoms with E-state index in [4.69, 9.17) is 22.4 Å². The number of nitrogens with one attached hydrogen (secondary N) is 1. The topological polar surface area (TPSA) is 92.4 Å². The van der Waals surface area contributed by atoms with E-state index in [9.17, 15) is 8.42 Å². The maximum absolute atomic E-state index is 12.3. The molecule has 0 aromatic heterocycles. The van der Waals surface area contributed by atoms with Crippen LogP contribution in [0.5, 0.6) is 0 Å². The number of nitrogens with two attached hydrogens (primary N) is 1. The van der Waals surface area contributed by atoms with Crippen LogP contribution in [0.25, 0.3) is 0 Å². The molecule has 0 fully saturated rings. The molecule has 4 N–H and O–H groups in total. The van der Waals surface area contributed by atoms with Crippen molar-refractivity contribution < 1.29 is 13.5 Å². The van der Waals surface area contributed by atoms with Gasteiger partial charge >= 0.3 is 0 Å². The molecule has 1 aromatic carbocycles. The van der Waals surface area contributed by atoms with Crippen molar-refractivity contribution in [3.05, 3.63) is 22.7 Å². The maximum Gasteiger partial charge on any atom is 0.240 e. The van der Waals surface area contributed by atoms with Crippen molar-refractivity contribution in [3.8, 4) is 0 Å². The zero-order valence-corrected chi connectivity index (χ0v) is 13.5. The zero-order valence-electron chi connectivity index (χ0n) is 11.9. The number of rotatable bonds is 6. The Morgan fingerprint density at radius 2 is 2.00 bits per heavy atom. The van der Waals surface area contributed by atoms with Crippen LogP contribution in [0.1, 0.15) is 25.8 Å². The van der Waals surface area contributed by atoms with Crippen molar-refractivity contribution in [2.45, 2.75) is 32.1 Å². The summed E-state index contributed by atoms with van der Waals surface area (Å²) in [5.41, 5.74) is 6.22. The van der Waals surface area contributed by atoms with Crippen LogP contribution in [0.15, 0.2) is 17.0 Å². The molecule has 114 valence electrons. The van der Waals surface area contributed by atoms with E-state index >= 15 is 0 Å². The highest BCUT2D eigenvalue weighted by molar-refractivity contribution is 7.89. The predicted molar refractivity (Wildman–Crippen MR) is 81.3 cm³/mol. The Kier molecular flexibility index (Phi) is 5.43. The minimum absolute atomic E-state index is 0.0118. The number of hydrogen-bond donors (Lipinski definition) is 3. The summed E-state index contributed by atoms with van der Waals surface area (Å²) in [6.45, 7) is 5.63. The summed E-state index contributed by atoms with van der Waals surface area (Å²) in [5, 5.41) is 9.23. The van der Waals surface area contributed by atoms with Crippen molar-refractivity contribution in [2.24, 2.45) is 5.41 Å². The van der Waals surface area contributed by atoms with E-state index in [0.29, 0.717) is 17.7 Å². The summed E-state index contributed by atoms with van der Waals surface area (Å²) in [6.07, 6.45) is 0.506. The molecular weight excluding hydrogens is 300 g/mol. The van der Waals surface area contributed by atoms with Crippen molar-refractivity contribution in [2.75, 3.05) is 18.9 Å². The minimum atomic E-state index is -3.68. The van der Waals surface area contributed by atoms with E-state index in [1.807, 2.05) is 13.8 Å². The Balaban J connectivity index is 3.01. The van der Waals surface area contributed by atoms with Crippen LogP contribution in [-0.2, 0) is 10.0 Å². The van der Waals surface area contributed by atoms with E-state index < -0.39 is 10.0 Å². The summed E-state index contributed by atoms with van der Waals surface area (Å²) in [4.78, 5) is 0.0855. The molecule has 0 aliphatic heterocycles. The van der Waals surface area contributed by atoms with Crippen molar-refractivity contribution >= 4 is 27.3 Å². The van der Waals surface area contributed by atoms with E-state index in [2.05, 4.69) is 4.72 Å². The molecule has 0 radical (unpaired) electrons. The average Bonchev–Trinajstić information content (AvgIpc) is 2.31. The second-order valence-corrected chi connectivity index (χ2v) is 7.75. The molecule has 7 heteroatoms.